The molecular formula is C19H24N4O2. The monoisotopic (exact) mass is 340 g/mol. The number of benzene rings is 1. The number of hydrogen-bond donors (Lipinski definition) is 1. The summed E-state index contributed by atoms with van der Waals surface area (Å²) in [5.74, 6) is -0.265. The van der Waals surface area contributed by atoms with E-state index >= 15 is 0 Å². The van der Waals surface area contributed by atoms with E-state index in [2.05, 4.69) is 10.4 Å². The van der Waals surface area contributed by atoms with Crippen molar-refractivity contribution in [3.8, 4) is 0 Å². The van der Waals surface area contributed by atoms with Crippen LogP contribution in [0.3, 0.4) is 0 Å². The van der Waals surface area contributed by atoms with Crippen LogP contribution in [0.2, 0.25) is 0 Å². The van der Waals surface area contributed by atoms with Crippen molar-refractivity contribution in [2.75, 3.05) is 5.32 Å². The van der Waals surface area contributed by atoms with Crippen molar-refractivity contribution in [3.63, 3.8) is 0 Å². The van der Waals surface area contributed by atoms with Gasteiger partial charge in [-0.3, -0.25) is 14.3 Å². The maximum atomic E-state index is 13.3. The van der Waals surface area contributed by atoms with E-state index in [9.17, 15) is 9.59 Å². The normalized spacial score (nSPS) is 21.3. The molecule has 0 aliphatic carbocycles. The van der Waals surface area contributed by atoms with E-state index in [0.29, 0.717) is 5.56 Å². The van der Waals surface area contributed by atoms with Crippen LogP contribution in [0, 0.1) is 5.92 Å². The van der Waals surface area contributed by atoms with Crippen molar-refractivity contribution >= 4 is 17.5 Å². The zero-order valence-corrected chi connectivity index (χ0v) is 15.1. The van der Waals surface area contributed by atoms with E-state index < -0.39 is 6.04 Å². The van der Waals surface area contributed by atoms with Crippen molar-refractivity contribution in [1.29, 1.82) is 0 Å². The van der Waals surface area contributed by atoms with Gasteiger partial charge in [0, 0.05) is 18.9 Å². The minimum absolute atomic E-state index is 0.0392. The molecule has 0 fully saturated rings. The van der Waals surface area contributed by atoms with Gasteiger partial charge in [-0.1, -0.05) is 38.5 Å². The Labute approximate surface area is 147 Å². The number of hydrogen-bond acceptors (Lipinski definition) is 3. The molecule has 3 rings (SSSR count). The lowest BCUT2D eigenvalue weighted by Crippen LogP contribution is -2.50. The summed E-state index contributed by atoms with van der Waals surface area (Å²) in [4.78, 5) is 27.9. The molecule has 6 heteroatoms. The number of aryl methyl sites for hydroxylation is 1. The number of fused-ring (bicyclic) bond motifs is 1. The van der Waals surface area contributed by atoms with Crippen LogP contribution in [0.4, 0.5) is 5.69 Å². The lowest BCUT2D eigenvalue weighted by molar-refractivity contribution is -0.122. The molecule has 1 aromatic carbocycles. The average Bonchev–Trinajstić information content (AvgIpc) is 3.00. The average molecular weight is 340 g/mol. The molecule has 1 aliphatic heterocycles. The van der Waals surface area contributed by atoms with Crippen LogP contribution in [0.1, 0.15) is 49.2 Å². The van der Waals surface area contributed by atoms with Crippen LogP contribution >= 0.6 is 0 Å². The van der Waals surface area contributed by atoms with Crippen molar-refractivity contribution in [1.82, 2.24) is 14.7 Å². The number of carbonyl (C=O) groups excluding carboxylic acids is 2. The molecule has 0 spiro atoms. The predicted molar refractivity (Wildman–Crippen MR) is 96.1 cm³/mol. The summed E-state index contributed by atoms with van der Waals surface area (Å²) in [7, 11) is 1.77. The van der Waals surface area contributed by atoms with Gasteiger partial charge in [0.1, 0.15) is 6.04 Å². The van der Waals surface area contributed by atoms with Crippen molar-refractivity contribution < 1.29 is 9.59 Å². The van der Waals surface area contributed by atoms with Crippen LogP contribution in [-0.2, 0) is 11.8 Å². The largest absolute Gasteiger partial charge is 0.324 e. The number of carbonyl (C=O) groups is 2. The maximum Gasteiger partial charge on any atom is 0.258 e. The Morgan fingerprint density at radius 3 is 2.72 bits per heavy atom. The molecule has 25 heavy (non-hydrogen) atoms. The predicted octanol–water partition coefficient (Wildman–Crippen LogP) is 2.99. The summed E-state index contributed by atoms with van der Waals surface area (Å²) in [6, 6.07) is 6.92. The Bertz CT molecular complexity index is 798. The van der Waals surface area contributed by atoms with Gasteiger partial charge in [0.2, 0.25) is 5.91 Å². The lowest BCUT2D eigenvalue weighted by Gasteiger charge is -2.36. The fraction of sp³-hybridized carbons (Fsp3) is 0.421. The van der Waals surface area contributed by atoms with Gasteiger partial charge in [-0.05, 0) is 24.5 Å². The van der Waals surface area contributed by atoms with Gasteiger partial charge >= 0.3 is 0 Å². The first-order valence-electron chi connectivity index (χ1n) is 8.65. The van der Waals surface area contributed by atoms with E-state index in [4.69, 9.17) is 0 Å². The van der Waals surface area contributed by atoms with Crippen LogP contribution in [0.5, 0.6) is 0 Å². The molecule has 0 bridgehead atoms. The molecule has 0 radical (unpaired) electrons. The second kappa shape index (κ2) is 6.70. The summed E-state index contributed by atoms with van der Waals surface area (Å²) in [6.45, 7) is 6.02. The highest BCUT2D eigenvalue weighted by Crippen LogP contribution is 2.35. The molecular weight excluding hydrogens is 316 g/mol. The van der Waals surface area contributed by atoms with E-state index in [0.717, 1.165) is 17.7 Å². The molecule has 2 amide bonds. The number of aromatic nitrogens is 2. The SMILES string of the molecule is CC[C@H](C)[C@H]1C(=O)Nc2ccccc2[C@@H](C)N1C(=O)c1cnn(C)c1. The van der Waals surface area contributed by atoms with Crippen LogP contribution in [0.25, 0.3) is 0 Å². The number of nitrogens with zero attached hydrogens (tertiary/aromatic N) is 3. The summed E-state index contributed by atoms with van der Waals surface area (Å²) >= 11 is 0. The number of amides is 2. The maximum absolute atomic E-state index is 13.3. The van der Waals surface area contributed by atoms with E-state index in [1.807, 2.05) is 45.0 Å². The molecule has 1 N–H and O–H groups in total. The van der Waals surface area contributed by atoms with Gasteiger partial charge in [0.15, 0.2) is 0 Å². The van der Waals surface area contributed by atoms with Crippen LogP contribution in [-0.4, -0.2) is 32.5 Å². The van der Waals surface area contributed by atoms with Crippen molar-refractivity contribution in [2.45, 2.75) is 39.3 Å². The molecule has 1 aromatic heterocycles. The molecule has 0 saturated heterocycles. The highest BCUT2D eigenvalue weighted by Gasteiger charge is 2.40. The molecule has 0 saturated carbocycles. The quantitative estimate of drug-likeness (QED) is 0.934. The molecule has 1 aliphatic rings. The Kier molecular flexibility index (Phi) is 4.61. The molecule has 0 unspecified atom stereocenters. The molecule has 2 heterocycles. The van der Waals surface area contributed by atoms with E-state index in [1.165, 1.54) is 0 Å². The third kappa shape index (κ3) is 3.04. The van der Waals surface area contributed by atoms with E-state index in [1.54, 1.807) is 29.0 Å². The Morgan fingerprint density at radius 2 is 2.08 bits per heavy atom. The fourth-order valence-electron chi connectivity index (χ4n) is 3.44. The Hall–Kier alpha value is -2.63. The zero-order valence-electron chi connectivity index (χ0n) is 15.1. The number of nitrogens with one attached hydrogen (secondary N) is 1. The summed E-state index contributed by atoms with van der Waals surface area (Å²) in [5, 5.41) is 7.11. The first-order valence-corrected chi connectivity index (χ1v) is 8.65. The first kappa shape index (κ1) is 17.2. The summed E-state index contributed by atoms with van der Waals surface area (Å²) < 4.78 is 1.60. The summed E-state index contributed by atoms with van der Waals surface area (Å²) in [6.07, 6.45) is 4.05. The lowest BCUT2D eigenvalue weighted by atomic mass is 9.94. The third-order valence-corrected chi connectivity index (χ3v) is 5.02. The van der Waals surface area contributed by atoms with Gasteiger partial charge < -0.3 is 10.2 Å². The topological polar surface area (TPSA) is 67.2 Å². The second-order valence-corrected chi connectivity index (χ2v) is 6.70. The smallest absolute Gasteiger partial charge is 0.258 e. The van der Waals surface area contributed by atoms with Crippen molar-refractivity contribution in [2.24, 2.45) is 13.0 Å². The number of anilines is 1. The second-order valence-electron chi connectivity index (χ2n) is 6.70. The first-order chi connectivity index (χ1) is 11.9. The van der Waals surface area contributed by atoms with Gasteiger partial charge in [0.25, 0.3) is 5.91 Å². The molecule has 132 valence electrons. The highest BCUT2D eigenvalue weighted by molar-refractivity contribution is 6.02. The molecule has 2 aromatic rings. The minimum atomic E-state index is -0.528. The zero-order chi connectivity index (χ0) is 18.1. The van der Waals surface area contributed by atoms with Crippen LogP contribution in [0.15, 0.2) is 36.7 Å². The standard InChI is InChI=1S/C19H24N4O2/c1-5-12(2)17-18(24)21-16-9-7-6-8-15(16)13(3)23(17)19(25)14-10-20-22(4)11-14/h6-13,17H,5H2,1-4H3,(H,21,24)/t12-,13+,17-/m0/s1. The van der Waals surface area contributed by atoms with Crippen LogP contribution < -0.4 is 5.32 Å². The molecule has 6 nitrogen and oxygen atoms in total. The van der Waals surface area contributed by atoms with Gasteiger partial charge in [-0.25, -0.2) is 0 Å². The highest BCUT2D eigenvalue weighted by atomic mass is 16.2. The minimum Gasteiger partial charge on any atom is -0.324 e. The Morgan fingerprint density at radius 1 is 1.36 bits per heavy atom. The molecule has 3 atom stereocenters. The fourth-order valence-corrected chi connectivity index (χ4v) is 3.44. The Balaban J connectivity index is 2.11. The van der Waals surface area contributed by atoms with Gasteiger partial charge in [-0.15, -0.1) is 0 Å². The van der Waals surface area contributed by atoms with Gasteiger partial charge in [-0.2, -0.15) is 5.10 Å². The number of para-hydroxylation sites is 1. The van der Waals surface area contributed by atoms with Crippen molar-refractivity contribution in [3.05, 3.63) is 47.8 Å². The van der Waals surface area contributed by atoms with Gasteiger partial charge in [0.05, 0.1) is 17.8 Å². The third-order valence-electron chi connectivity index (χ3n) is 5.02. The van der Waals surface area contributed by atoms with E-state index in [-0.39, 0.29) is 23.8 Å². The summed E-state index contributed by atoms with van der Waals surface area (Å²) in [5.41, 5.74) is 2.21. The number of rotatable bonds is 3.